The monoisotopic (exact) mass is 238 g/mol. The van der Waals surface area contributed by atoms with Gasteiger partial charge in [0.15, 0.2) is 0 Å². The number of rotatable bonds is 3. The summed E-state index contributed by atoms with van der Waals surface area (Å²) < 4.78 is 13.3. The van der Waals surface area contributed by atoms with Crippen LogP contribution in [-0.4, -0.2) is 42.8 Å². The van der Waals surface area contributed by atoms with E-state index in [0.29, 0.717) is 0 Å². The SMILES string of the molecule is Cc1ccc(F)cc1[C@H](CO)N1CCNCC1. The lowest BCUT2D eigenvalue weighted by Gasteiger charge is -2.34. The maximum atomic E-state index is 13.3. The van der Waals surface area contributed by atoms with Gasteiger partial charge in [0, 0.05) is 26.2 Å². The van der Waals surface area contributed by atoms with Gasteiger partial charge in [-0.1, -0.05) is 6.07 Å². The maximum absolute atomic E-state index is 13.3. The Balaban J connectivity index is 2.24. The van der Waals surface area contributed by atoms with Gasteiger partial charge in [-0.3, -0.25) is 4.90 Å². The van der Waals surface area contributed by atoms with Crippen LogP contribution in [0.3, 0.4) is 0 Å². The topological polar surface area (TPSA) is 35.5 Å². The number of hydrogen-bond acceptors (Lipinski definition) is 3. The molecule has 1 heterocycles. The van der Waals surface area contributed by atoms with Crippen LogP contribution < -0.4 is 5.32 Å². The molecule has 0 aromatic heterocycles. The van der Waals surface area contributed by atoms with Crippen molar-refractivity contribution in [2.75, 3.05) is 32.8 Å². The minimum absolute atomic E-state index is 0.0320. The number of nitrogens with one attached hydrogen (secondary N) is 1. The zero-order valence-corrected chi connectivity index (χ0v) is 10.1. The first-order chi connectivity index (χ1) is 8.22. The van der Waals surface area contributed by atoms with Crippen LogP contribution in [0.4, 0.5) is 4.39 Å². The Hall–Kier alpha value is -0.970. The number of hydrogen-bond donors (Lipinski definition) is 2. The molecule has 1 aliphatic heterocycles. The molecule has 1 fully saturated rings. The van der Waals surface area contributed by atoms with E-state index in [-0.39, 0.29) is 18.5 Å². The number of nitrogens with zero attached hydrogens (tertiary/aromatic N) is 1. The van der Waals surface area contributed by atoms with Gasteiger partial charge >= 0.3 is 0 Å². The van der Waals surface area contributed by atoms with Crippen molar-refractivity contribution in [3.63, 3.8) is 0 Å². The third-order valence-corrected chi connectivity index (χ3v) is 3.37. The molecule has 17 heavy (non-hydrogen) atoms. The van der Waals surface area contributed by atoms with Crippen molar-refractivity contribution in [1.29, 1.82) is 0 Å². The first-order valence-corrected chi connectivity index (χ1v) is 6.04. The van der Waals surface area contributed by atoms with Crippen LogP contribution in [0, 0.1) is 12.7 Å². The number of halogens is 1. The van der Waals surface area contributed by atoms with Crippen molar-refractivity contribution in [2.45, 2.75) is 13.0 Å². The molecule has 2 rings (SSSR count). The molecule has 3 nitrogen and oxygen atoms in total. The average molecular weight is 238 g/mol. The number of aryl methyl sites for hydroxylation is 1. The summed E-state index contributed by atoms with van der Waals surface area (Å²) in [6.07, 6.45) is 0. The largest absolute Gasteiger partial charge is 0.394 e. The summed E-state index contributed by atoms with van der Waals surface area (Å²) >= 11 is 0. The summed E-state index contributed by atoms with van der Waals surface area (Å²) in [5, 5.41) is 12.8. The fourth-order valence-electron chi connectivity index (χ4n) is 2.37. The Bertz CT molecular complexity index is 378. The van der Waals surface area contributed by atoms with Gasteiger partial charge < -0.3 is 10.4 Å². The first-order valence-electron chi connectivity index (χ1n) is 6.04. The van der Waals surface area contributed by atoms with Crippen LogP contribution in [0.15, 0.2) is 18.2 Å². The van der Waals surface area contributed by atoms with Crippen molar-refractivity contribution < 1.29 is 9.50 Å². The number of benzene rings is 1. The van der Waals surface area contributed by atoms with E-state index in [4.69, 9.17) is 0 Å². The summed E-state index contributed by atoms with van der Waals surface area (Å²) in [7, 11) is 0. The average Bonchev–Trinajstić information content (AvgIpc) is 2.36. The lowest BCUT2D eigenvalue weighted by atomic mass is 9.99. The second-order valence-corrected chi connectivity index (χ2v) is 4.49. The normalized spacial score (nSPS) is 19.2. The van der Waals surface area contributed by atoms with Crippen molar-refractivity contribution in [3.8, 4) is 0 Å². The van der Waals surface area contributed by atoms with Gasteiger partial charge in [0.05, 0.1) is 12.6 Å². The Labute approximate surface area is 101 Å². The summed E-state index contributed by atoms with van der Waals surface area (Å²) in [5.74, 6) is -0.237. The molecule has 1 aromatic carbocycles. The molecule has 0 spiro atoms. The van der Waals surface area contributed by atoms with Crippen LogP contribution in [0.25, 0.3) is 0 Å². The van der Waals surface area contributed by atoms with Gasteiger partial charge in [0.2, 0.25) is 0 Å². The minimum atomic E-state index is -0.237. The predicted molar refractivity (Wildman–Crippen MR) is 65.4 cm³/mol. The fraction of sp³-hybridized carbons (Fsp3) is 0.538. The lowest BCUT2D eigenvalue weighted by molar-refractivity contribution is 0.110. The van der Waals surface area contributed by atoms with Crippen LogP contribution >= 0.6 is 0 Å². The van der Waals surface area contributed by atoms with E-state index in [9.17, 15) is 9.50 Å². The lowest BCUT2D eigenvalue weighted by Crippen LogP contribution is -2.46. The molecule has 0 radical (unpaired) electrons. The molecule has 94 valence electrons. The highest BCUT2D eigenvalue weighted by Gasteiger charge is 2.22. The molecule has 0 saturated carbocycles. The smallest absolute Gasteiger partial charge is 0.123 e. The van der Waals surface area contributed by atoms with Gasteiger partial charge in [-0.05, 0) is 30.2 Å². The quantitative estimate of drug-likeness (QED) is 0.827. The zero-order chi connectivity index (χ0) is 12.3. The Morgan fingerprint density at radius 3 is 2.76 bits per heavy atom. The van der Waals surface area contributed by atoms with Crippen molar-refractivity contribution in [1.82, 2.24) is 10.2 Å². The Morgan fingerprint density at radius 1 is 1.41 bits per heavy atom. The highest BCUT2D eigenvalue weighted by Crippen LogP contribution is 2.24. The minimum Gasteiger partial charge on any atom is -0.394 e. The second-order valence-electron chi connectivity index (χ2n) is 4.49. The van der Waals surface area contributed by atoms with E-state index in [0.717, 1.165) is 37.3 Å². The third kappa shape index (κ3) is 2.83. The summed E-state index contributed by atoms with van der Waals surface area (Å²) in [6, 6.07) is 4.69. The number of aliphatic hydroxyl groups excluding tert-OH is 1. The molecule has 2 N–H and O–H groups in total. The van der Waals surface area contributed by atoms with Crippen LogP contribution in [-0.2, 0) is 0 Å². The number of aliphatic hydroxyl groups is 1. The van der Waals surface area contributed by atoms with Crippen LogP contribution in [0.2, 0.25) is 0 Å². The second kappa shape index (κ2) is 5.58. The molecule has 1 aromatic rings. The molecule has 0 aliphatic carbocycles. The molecule has 4 heteroatoms. The van der Waals surface area contributed by atoms with Gasteiger partial charge in [-0.15, -0.1) is 0 Å². The molecule has 0 bridgehead atoms. The summed E-state index contributed by atoms with van der Waals surface area (Å²) in [5.41, 5.74) is 1.93. The zero-order valence-electron chi connectivity index (χ0n) is 10.1. The maximum Gasteiger partial charge on any atom is 0.123 e. The van der Waals surface area contributed by atoms with Gasteiger partial charge in [-0.2, -0.15) is 0 Å². The highest BCUT2D eigenvalue weighted by atomic mass is 19.1. The fourth-order valence-corrected chi connectivity index (χ4v) is 2.37. The Kier molecular flexibility index (Phi) is 4.10. The molecule has 0 amide bonds. The molecular weight excluding hydrogens is 219 g/mol. The van der Waals surface area contributed by atoms with E-state index >= 15 is 0 Å². The molecule has 1 aliphatic rings. The highest BCUT2D eigenvalue weighted by molar-refractivity contribution is 5.29. The van der Waals surface area contributed by atoms with E-state index < -0.39 is 0 Å². The summed E-state index contributed by atoms with van der Waals surface area (Å²) in [6.45, 7) is 5.61. The standard InChI is InChI=1S/C13H19FN2O/c1-10-2-3-11(14)8-12(10)13(9-17)16-6-4-15-5-7-16/h2-3,8,13,15,17H,4-7,9H2,1H3/t13-/m0/s1. The van der Waals surface area contributed by atoms with Gasteiger partial charge in [0.25, 0.3) is 0 Å². The van der Waals surface area contributed by atoms with Crippen molar-refractivity contribution in [3.05, 3.63) is 35.1 Å². The molecular formula is C13H19FN2O. The number of piperazine rings is 1. The van der Waals surface area contributed by atoms with Crippen LogP contribution in [0.1, 0.15) is 17.2 Å². The van der Waals surface area contributed by atoms with Gasteiger partial charge in [-0.25, -0.2) is 4.39 Å². The van der Waals surface area contributed by atoms with Crippen molar-refractivity contribution in [2.24, 2.45) is 0 Å². The van der Waals surface area contributed by atoms with E-state index in [1.807, 2.05) is 6.92 Å². The summed E-state index contributed by atoms with van der Waals surface area (Å²) in [4.78, 5) is 2.21. The Morgan fingerprint density at radius 2 is 2.12 bits per heavy atom. The van der Waals surface area contributed by atoms with E-state index in [1.165, 1.54) is 12.1 Å². The predicted octanol–water partition coefficient (Wildman–Crippen LogP) is 1.07. The van der Waals surface area contributed by atoms with Crippen LogP contribution in [0.5, 0.6) is 0 Å². The third-order valence-electron chi connectivity index (χ3n) is 3.37. The van der Waals surface area contributed by atoms with E-state index in [1.54, 1.807) is 6.07 Å². The first kappa shape index (κ1) is 12.5. The van der Waals surface area contributed by atoms with E-state index in [2.05, 4.69) is 10.2 Å². The molecule has 1 atom stereocenters. The molecule has 1 saturated heterocycles. The van der Waals surface area contributed by atoms with Gasteiger partial charge in [0.1, 0.15) is 5.82 Å². The van der Waals surface area contributed by atoms with Crippen molar-refractivity contribution >= 4 is 0 Å². The molecule has 0 unspecified atom stereocenters.